The van der Waals surface area contributed by atoms with Gasteiger partial charge in [0, 0.05) is 82.3 Å². The standard InChI is InChI=1S/C52H84N22O13S3/c53-49-66-63-44(88-49)4-1-36-31-72(69-60-36)16-22-84-28-25-81-19-13-56-41(76)7-10-52(55,11-8-42(77)57-14-20-82-26-29-85-23-17-73-32-37(61-70-73)2-5-45-64-67-50(54)89-45)12-9-43(78)58-15-21-83-27-30-86-24-18-74-33-38(62-71-74)3-6-46-65-68-51(90-46)59-39-35-87-40(34-75)48(80)47(39)79/h31-33,39-40,47-48,75,79-80H,1-30,34-35,55H2,(H2,53,66)(H2,54,67)(H,56,76)(H,57,77)(H,58,78)(H,59,68)/t39-,40+,47+,48-/m0/s1. The summed E-state index contributed by atoms with van der Waals surface area (Å²) in [4.78, 5) is 38.9. The summed E-state index contributed by atoms with van der Waals surface area (Å²) in [7, 11) is 0. The molecule has 0 aliphatic carbocycles. The second-order valence-corrected chi connectivity index (χ2v) is 24.1. The Morgan fingerprint density at radius 3 is 1.28 bits per heavy atom. The van der Waals surface area contributed by atoms with Gasteiger partial charge in [0.05, 0.1) is 135 Å². The maximum atomic E-state index is 13.0. The van der Waals surface area contributed by atoms with E-state index in [4.69, 9.17) is 50.4 Å². The topological polar surface area (TPSA) is 472 Å². The van der Waals surface area contributed by atoms with Gasteiger partial charge in [-0.2, -0.15) is 0 Å². The number of amides is 3. The van der Waals surface area contributed by atoms with Gasteiger partial charge >= 0.3 is 0 Å². The molecule has 0 saturated carbocycles. The van der Waals surface area contributed by atoms with Crippen molar-refractivity contribution in [3.8, 4) is 0 Å². The molecule has 1 aliphatic rings. The van der Waals surface area contributed by atoms with Crippen molar-refractivity contribution in [2.45, 2.75) is 127 Å². The highest BCUT2D eigenvalue weighted by molar-refractivity contribution is 7.15. The van der Waals surface area contributed by atoms with Crippen molar-refractivity contribution < 1.29 is 62.9 Å². The minimum Gasteiger partial charge on any atom is -0.394 e. The molecule has 0 aromatic carbocycles. The number of aliphatic hydroxyl groups excluding tert-OH is 3. The van der Waals surface area contributed by atoms with E-state index in [9.17, 15) is 29.7 Å². The zero-order valence-corrected chi connectivity index (χ0v) is 52.7. The Bertz CT molecular complexity index is 2870. The molecule has 13 N–H and O–H groups in total. The van der Waals surface area contributed by atoms with Crippen LogP contribution in [-0.4, -0.2) is 251 Å². The Hall–Kier alpha value is -6.53. The second kappa shape index (κ2) is 39.7. The fourth-order valence-electron chi connectivity index (χ4n) is 8.82. The molecule has 1 aliphatic heterocycles. The molecule has 498 valence electrons. The number of hydrogen-bond acceptors (Lipinski definition) is 32. The number of aryl methyl sites for hydroxylation is 6. The molecular formula is C52H84N22O13S3. The first-order valence-electron chi connectivity index (χ1n) is 29.8. The van der Waals surface area contributed by atoms with E-state index in [2.05, 4.69) is 82.8 Å². The summed E-state index contributed by atoms with van der Waals surface area (Å²) in [6.45, 7) is 6.10. The molecule has 3 amide bonds. The smallest absolute Gasteiger partial charge is 0.220 e. The molecule has 38 heteroatoms. The number of aliphatic hydroxyl groups is 3. The van der Waals surface area contributed by atoms with E-state index in [0.717, 1.165) is 32.1 Å². The molecule has 0 radical (unpaired) electrons. The third-order valence-corrected chi connectivity index (χ3v) is 16.4. The summed E-state index contributed by atoms with van der Waals surface area (Å²) in [6, 6.07) is -0.601. The van der Waals surface area contributed by atoms with Crippen LogP contribution in [0.15, 0.2) is 18.6 Å². The summed E-state index contributed by atoms with van der Waals surface area (Å²) >= 11 is 4.03. The number of rotatable bonds is 48. The van der Waals surface area contributed by atoms with Gasteiger partial charge in [0.2, 0.25) is 33.1 Å². The van der Waals surface area contributed by atoms with E-state index in [1.54, 1.807) is 14.0 Å². The summed E-state index contributed by atoms with van der Waals surface area (Å²) in [6.07, 6.45) is 7.18. The lowest BCUT2D eigenvalue weighted by Gasteiger charge is -2.36. The number of nitrogens with one attached hydrogen (secondary N) is 4. The van der Waals surface area contributed by atoms with Crippen LogP contribution in [0.25, 0.3) is 0 Å². The molecule has 6 aromatic heterocycles. The summed E-state index contributed by atoms with van der Waals surface area (Å²) in [5, 5.41) is 94.4. The van der Waals surface area contributed by atoms with E-state index < -0.39 is 36.5 Å². The summed E-state index contributed by atoms with van der Waals surface area (Å²) in [5.41, 5.74) is 19.6. The number of anilines is 3. The number of carbonyl (C=O) groups excluding carboxylic acids is 3. The van der Waals surface area contributed by atoms with Crippen LogP contribution in [0.3, 0.4) is 0 Å². The molecular weight excluding hydrogens is 1240 g/mol. The van der Waals surface area contributed by atoms with Gasteiger partial charge in [-0.15, -0.1) is 45.9 Å². The molecule has 90 heavy (non-hydrogen) atoms. The molecule has 0 unspecified atom stereocenters. The third-order valence-electron chi connectivity index (χ3n) is 13.9. The lowest BCUT2D eigenvalue weighted by molar-refractivity contribution is -0.152. The number of nitrogens with zero attached hydrogens (tertiary/aromatic N) is 15. The lowest BCUT2D eigenvalue weighted by atomic mass is 9.84. The average Bonchev–Trinajstić information content (AvgIpc) is 3.10. The summed E-state index contributed by atoms with van der Waals surface area (Å²) in [5.74, 6) is -0.708. The molecule has 35 nitrogen and oxygen atoms in total. The van der Waals surface area contributed by atoms with E-state index in [1.165, 1.54) is 34.0 Å². The lowest BCUT2D eigenvalue weighted by Crippen LogP contribution is -2.56. The number of carbonyl (C=O) groups is 3. The first-order valence-corrected chi connectivity index (χ1v) is 32.3. The van der Waals surface area contributed by atoms with Crippen LogP contribution >= 0.6 is 34.0 Å². The SMILES string of the molecule is Nc1nnc(CCc2cn(CCOCCOCCNC(=O)CCC(N)(CCC(=O)NCCOCCOCCn3cc(CCc4nnc(N)s4)nn3)CCC(=O)NCCOCCOCCn3cc(CCc4nnc(N[C@H]5CO[C@H](CO)[C@H](O)[C@@H]5O)s4)nn3)nn2)s1. The largest absolute Gasteiger partial charge is 0.394 e. The van der Waals surface area contributed by atoms with Crippen molar-refractivity contribution in [3.05, 3.63) is 50.7 Å². The Morgan fingerprint density at radius 1 is 0.522 bits per heavy atom. The number of nitrogen functional groups attached to an aromatic ring is 2. The van der Waals surface area contributed by atoms with Gasteiger partial charge in [-0.25, -0.2) is 14.0 Å². The van der Waals surface area contributed by atoms with Gasteiger partial charge < -0.3 is 86.9 Å². The number of ether oxygens (including phenoxy) is 7. The Labute approximate surface area is 531 Å². The Balaban J connectivity index is 0.717. The Morgan fingerprint density at radius 2 is 0.900 bits per heavy atom. The van der Waals surface area contributed by atoms with Crippen LogP contribution in [0.5, 0.6) is 0 Å². The highest BCUT2D eigenvalue weighted by atomic mass is 32.1. The highest BCUT2D eigenvalue weighted by Crippen LogP contribution is 2.25. The zero-order valence-electron chi connectivity index (χ0n) is 50.3. The maximum absolute atomic E-state index is 13.0. The highest BCUT2D eigenvalue weighted by Gasteiger charge is 2.38. The van der Waals surface area contributed by atoms with E-state index in [-0.39, 0.29) is 102 Å². The second-order valence-electron chi connectivity index (χ2n) is 20.9. The monoisotopic (exact) mass is 1320 g/mol. The average molecular weight is 1320 g/mol. The first-order chi connectivity index (χ1) is 43.8. The summed E-state index contributed by atoms with van der Waals surface area (Å²) < 4.78 is 44.6. The van der Waals surface area contributed by atoms with Gasteiger partial charge in [0.15, 0.2) is 0 Å². The minimum atomic E-state index is -1.22. The number of hydrogen-bond donors (Lipinski definition) is 10. The van der Waals surface area contributed by atoms with Crippen LogP contribution in [0, 0.1) is 0 Å². The molecule has 0 spiro atoms. The van der Waals surface area contributed by atoms with Crippen molar-refractivity contribution in [1.82, 2.24) is 91.5 Å². The van der Waals surface area contributed by atoms with Crippen molar-refractivity contribution in [3.63, 3.8) is 0 Å². The zero-order chi connectivity index (χ0) is 63.6. The molecule has 0 bridgehead atoms. The molecule has 1 fully saturated rings. The van der Waals surface area contributed by atoms with Gasteiger partial charge in [0.25, 0.3) is 0 Å². The normalized spacial score (nSPS) is 16.0. The fourth-order valence-corrected chi connectivity index (χ4v) is 10.8. The van der Waals surface area contributed by atoms with Crippen molar-refractivity contribution in [2.75, 3.05) is 129 Å². The molecule has 7 heterocycles. The van der Waals surface area contributed by atoms with Gasteiger partial charge in [-0.05, 0) is 38.5 Å². The number of nitrogens with two attached hydrogens (primary N) is 3. The molecule has 6 aromatic rings. The molecule has 1 saturated heterocycles. The third kappa shape index (κ3) is 27.1. The van der Waals surface area contributed by atoms with Crippen molar-refractivity contribution in [2.24, 2.45) is 5.73 Å². The van der Waals surface area contributed by atoms with Crippen LogP contribution < -0.4 is 38.5 Å². The van der Waals surface area contributed by atoms with Crippen LogP contribution in [0.1, 0.15) is 70.6 Å². The van der Waals surface area contributed by atoms with E-state index in [1.807, 2.05) is 18.6 Å². The first kappa shape index (κ1) is 70.9. The van der Waals surface area contributed by atoms with Crippen LogP contribution in [0.4, 0.5) is 15.4 Å². The minimum absolute atomic E-state index is 0.0752. The van der Waals surface area contributed by atoms with E-state index >= 15 is 0 Å². The quantitative estimate of drug-likeness (QED) is 0.0174. The van der Waals surface area contributed by atoms with E-state index in [0.29, 0.717) is 133 Å². The van der Waals surface area contributed by atoms with Crippen molar-refractivity contribution in [1.29, 1.82) is 0 Å². The van der Waals surface area contributed by atoms with Crippen LogP contribution in [0.2, 0.25) is 0 Å². The van der Waals surface area contributed by atoms with Crippen LogP contribution in [-0.2, 0) is 106 Å². The van der Waals surface area contributed by atoms with Crippen molar-refractivity contribution >= 4 is 67.1 Å². The predicted molar refractivity (Wildman–Crippen MR) is 326 cm³/mol. The van der Waals surface area contributed by atoms with Gasteiger partial charge in [-0.3, -0.25) is 14.4 Å². The molecule has 7 rings (SSSR count). The molecule has 4 atom stereocenters. The maximum Gasteiger partial charge on any atom is 0.220 e. The number of aromatic nitrogens is 15. The van der Waals surface area contributed by atoms with Gasteiger partial charge in [0.1, 0.15) is 33.3 Å². The Kier molecular flexibility index (Phi) is 31.3. The fraction of sp³-hybridized carbons (Fsp3) is 0.712. The predicted octanol–water partition coefficient (Wildman–Crippen LogP) is -2.68. The van der Waals surface area contributed by atoms with Gasteiger partial charge in [-0.1, -0.05) is 49.7 Å².